The summed E-state index contributed by atoms with van der Waals surface area (Å²) in [7, 11) is 1.56. The summed E-state index contributed by atoms with van der Waals surface area (Å²) in [6.45, 7) is 3.07. The molecule has 1 rings (SSSR count). The molecule has 0 aromatic carbocycles. The third kappa shape index (κ3) is 1.44. The topological polar surface area (TPSA) is 66.8 Å². The summed E-state index contributed by atoms with van der Waals surface area (Å²) < 4.78 is 5.01. The van der Waals surface area contributed by atoms with Crippen LogP contribution in [0.25, 0.3) is 0 Å². The van der Waals surface area contributed by atoms with Crippen molar-refractivity contribution in [1.82, 2.24) is 0 Å². The second-order valence-electron chi connectivity index (χ2n) is 4.21. The number of rotatable bonds is 3. The summed E-state index contributed by atoms with van der Waals surface area (Å²) in [6.07, 6.45) is 0.757. The molecule has 0 spiro atoms. The van der Waals surface area contributed by atoms with Crippen LogP contribution in [0, 0.1) is 5.41 Å². The maximum absolute atomic E-state index is 11.0. The standard InChI is InChI=1S/C9H16O4/c1-8(2,12)9(7(10)11)4-6(5-9)13-3/h6,12H,4-5H2,1-3H3,(H,10,11). The zero-order valence-electron chi connectivity index (χ0n) is 8.20. The van der Waals surface area contributed by atoms with Crippen molar-refractivity contribution in [2.75, 3.05) is 7.11 Å². The number of carboxylic acid groups (broad SMARTS) is 1. The van der Waals surface area contributed by atoms with Gasteiger partial charge in [-0.1, -0.05) is 0 Å². The first-order valence-electron chi connectivity index (χ1n) is 4.32. The molecule has 0 heterocycles. The quantitative estimate of drug-likeness (QED) is 0.682. The lowest BCUT2D eigenvalue weighted by atomic mass is 9.58. The lowest BCUT2D eigenvalue weighted by Crippen LogP contribution is -2.59. The van der Waals surface area contributed by atoms with Crippen LogP contribution < -0.4 is 0 Å². The summed E-state index contributed by atoms with van der Waals surface area (Å²) >= 11 is 0. The smallest absolute Gasteiger partial charge is 0.312 e. The van der Waals surface area contributed by atoms with Crippen LogP contribution in [0.4, 0.5) is 0 Å². The average molecular weight is 188 g/mol. The molecule has 1 saturated carbocycles. The van der Waals surface area contributed by atoms with Crippen molar-refractivity contribution in [3.8, 4) is 0 Å². The van der Waals surface area contributed by atoms with Gasteiger partial charge in [0.15, 0.2) is 0 Å². The molecule has 0 radical (unpaired) electrons. The van der Waals surface area contributed by atoms with Crippen LogP contribution in [0.2, 0.25) is 0 Å². The van der Waals surface area contributed by atoms with Gasteiger partial charge < -0.3 is 14.9 Å². The number of carboxylic acids is 1. The maximum Gasteiger partial charge on any atom is 0.312 e. The van der Waals surface area contributed by atoms with Gasteiger partial charge in [0.25, 0.3) is 0 Å². The molecular formula is C9H16O4. The number of ether oxygens (including phenoxy) is 1. The highest BCUT2D eigenvalue weighted by atomic mass is 16.5. The lowest BCUT2D eigenvalue weighted by Gasteiger charge is -2.50. The molecule has 76 valence electrons. The average Bonchev–Trinajstić information content (AvgIpc) is 1.80. The van der Waals surface area contributed by atoms with Gasteiger partial charge in [-0.2, -0.15) is 0 Å². The minimum absolute atomic E-state index is 0.0254. The van der Waals surface area contributed by atoms with Gasteiger partial charge >= 0.3 is 5.97 Å². The summed E-state index contributed by atoms with van der Waals surface area (Å²) in [5.74, 6) is -0.937. The second kappa shape index (κ2) is 2.96. The molecule has 0 aliphatic heterocycles. The van der Waals surface area contributed by atoms with Crippen LogP contribution in [-0.2, 0) is 9.53 Å². The van der Waals surface area contributed by atoms with Gasteiger partial charge in [-0.15, -0.1) is 0 Å². The molecule has 0 atom stereocenters. The van der Waals surface area contributed by atoms with Crippen molar-refractivity contribution in [2.24, 2.45) is 5.41 Å². The Morgan fingerprint density at radius 1 is 1.54 bits per heavy atom. The molecule has 0 unspecified atom stereocenters. The van der Waals surface area contributed by atoms with Gasteiger partial charge in [-0.3, -0.25) is 4.79 Å². The van der Waals surface area contributed by atoms with Crippen LogP contribution in [0.1, 0.15) is 26.7 Å². The highest BCUT2D eigenvalue weighted by Crippen LogP contribution is 2.50. The molecule has 0 amide bonds. The fourth-order valence-corrected chi connectivity index (χ4v) is 1.82. The number of methoxy groups -OCH3 is 1. The Labute approximate surface area is 77.5 Å². The second-order valence-corrected chi connectivity index (χ2v) is 4.21. The molecule has 0 aromatic heterocycles. The Kier molecular flexibility index (Phi) is 2.38. The predicted octanol–water partition coefficient (Wildman–Crippen LogP) is 0.637. The van der Waals surface area contributed by atoms with Gasteiger partial charge in [0.2, 0.25) is 0 Å². The molecular weight excluding hydrogens is 172 g/mol. The minimum atomic E-state index is -1.19. The lowest BCUT2D eigenvalue weighted by molar-refractivity contribution is -0.198. The fraction of sp³-hybridized carbons (Fsp3) is 0.889. The van der Waals surface area contributed by atoms with Gasteiger partial charge in [-0.05, 0) is 26.7 Å². The largest absolute Gasteiger partial charge is 0.481 e. The SMILES string of the molecule is COC1CC(C(=O)O)(C(C)(C)O)C1. The molecule has 4 heteroatoms. The summed E-state index contributed by atoms with van der Waals surface area (Å²) in [4.78, 5) is 11.0. The number of carbonyl (C=O) groups is 1. The summed E-state index contributed by atoms with van der Waals surface area (Å²) in [5.41, 5.74) is -2.21. The van der Waals surface area contributed by atoms with Gasteiger partial charge in [0.05, 0.1) is 11.7 Å². The third-order valence-corrected chi connectivity index (χ3v) is 3.07. The zero-order valence-corrected chi connectivity index (χ0v) is 8.20. The first kappa shape index (κ1) is 10.5. The Hall–Kier alpha value is -0.610. The van der Waals surface area contributed by atoms with Crippen LogP contribution in [0.15, 0.2) is 0 Å². The summed E-state index contributed by atoms with van der Waals surface area (Å²) in [6, 6.07) is 0. The highest BCUT2D eigenvalue weighted by molar-refractivity contribution is 5.77. The number of aliphatic hydroxyl groups is 1. The van der Waals surface area contributed by atoms with Crippen molar-refractivity contribution < 1.29 is 19.7 Å². The van der Waals surface area contributed by atoms with E-state index in [1.165, 1.54) is 13.8 Å². The summed E-state index contributed by atoms with van der Waals surface area (Å²) in [5, 5.41) is 18.8. The molecule has 0 saturated heterocycles. The van der Waals surface area contributed by atoms with E-state index in [0.29, 0.717) is 12.8 Å². The van der Waals surface area contributed by atoms with E-state index in [1.54, 1.807) is 7.11 Å². The third-order valence-electron chi connectivity index (χ3n) is 3.07. The Balaban J connectivity index is 2.78. The molecule has 4 nitrogen and oxygen atoms in total. The maximum atomic E-state index is 11.0. The van der Waals surface area contributed by atoms with Crippen LogP contribution in [0.5, 0.6) is 0 Å². The number of hydrogen-bond acceptors (Lipinski definition) is 3. The van der Waals surface area contributed by atoms with E-state index in [2.05, 4.69) is 0 Å². The molecule has 1 fully saturated rings. The van der Waals surface area contributed by atoms with Gasteiger partial charge in [0, 0.05) is 7.11 Å². The zero-order chi connectivity index (χ0) is 10.3. The fourth-order valence-electron chi connectivity index (χ4n) is 1.82. The highest BCUT2D eigenvalue weighted by Gasteiger charge is 2.59. The number of hydrogen-bond donors (Lipinski definition) is 2. The first-order valence-corrected chi connectivity index (χ1v) is 4.32. The van der Waals surface area contributed by atoms with E-state index in [9.17, 15) is 9.90 Å². The van der Waals surface area contributed by atoms with E-state index in [4.69, 9.17) is 9.84 Å². The number of aliphatic carboxylic acids is 1. The molecule has 1 aliphatic carbocycles. The molecule has 13 heavy (non-hydrogen) atoms. The van der Waals surface area contributed by atoms with E-state index >= 15 is 0 Å². The van der Waals surface area contributed by atoms with Crippen molar-refractivity contribution in [2.45, 2.75) is 38.4 Å². The molecule has 1 aliphatic rings. The Morgan fingerprint density at radius 3 is 2.23 bits per heavy atom. The van der Waals surface area contributed by atoms with Crippen molar-refractivity contribution in [3.63, 3.8) is 0 Å². The van der Waals surface area contributed by atoms with E-state index in [-0.39, 0.29) is 6.10 Å². The predicted molar refractivity (Wildman–Crippen MR) is 46.4 cm³/mol. The van der Waals surface area contributed by atoms with Crippen molar-refractivity contribution >= 4 is 5.97 Å². The van der Waals surface area contributed by atoms with Crippen LogP contribution >= 0.6 is 0 Å². The minimum Gasteiger partial charge on any atom is -0.481 e. The Bertz CT molecular complexity index is 210. The molecule has 2 N–H and O–H groups in total. The van der Waals surface area contributed by atoms with E-state index in [0.717, 1.165) is 0 Å². The van der Waals surface area contributed by atoms with Crippen LogP contribution in [0.3, 0.4) is 0 Å². The Morgan fingerprint density at radius 2 is 2.00 bits per heavy atom. The molecule has 0 bridgehead atoms. The monoisotopic (exact) mass is 188 g/mol. The van der Waals surface area contributed by atoms with E-state index < -0.39 is 17.0 Å². The van der Waals surface area contributed by atoms with Gasteiger partial charge in [-0.25, -0.2) is 0 Å². The van der Waals surface area contributed by atoms with Crippen molar-refractivity contribution in [1.29, 1.82) is 0 Å². The van der Waals surface area contributed by atoms with E-state index in [1.807, 2.05) is 0 Å². The van der Waals surface area contributed by atoms with Crippen LogP contribution in [-0.4, -0.2) is 35.0 Å². The first-order chi connectivity index (χ1) is 5.83. The van der Waals surface area contributed by atoms with Crippen molar-refractivity contribution in [3.05, 3.63) is 0 Å². The van der Waals surface area contributed by atoms with Gasteiger partial charge in [0.1, 0.15) is 5.41 Å². The normalized spacial score (nSPS) is 34.0. The molecule has 0 aromatic rings.